The van der Waals surface area contributed by atoms with Crippen LogP contribution in [0.4, 0.5) is 5.69 Å². The summed E-state index contributed by atoms with van der Waals surface area (Å²) in [5.74, 6) is 1.17. The van der Waals surface area contributed by atoms with Crippen LogP contribution in [0, 0.1) is 0 Å². The van der Waals surface area contributed by atoms with E-state index in [0.29, 0.717) is 0 Å². The molecule has 1 aliphatic carbocycles. The number of fused-ring (bicyclic) bond motifs is 3. The van der Waals surface area contributed by atoms with Crippen LogP contribution in [-0.2, 0) is 16.6 Å². The summed E-state index contributed by atoms with van der Waals surface area (Å²) in [5.41, 5.74) is 4.95. The standard InChI is InChI=1S/C21H21N3O2/c1-4-17-14-7-5-12(9-18(14)23-22-17)16-11-21(16)15-10-13(26-3)6-8-19(15)24(2)20(21)25/h5-10,16H,4,11H2,1-3H3,(H,22,23). The van der Waals surface area contributed by atoms with Gasteiger partial charge < -0.3 is 9.64 Å². The van der Waals surface area contributed by atoms with Gasteiger partial charge in [-0.15, -0.1) is 0 Å². The van der Waals surface area contributed by atoms with Crippen LogP contribution in [0.5, 0.6) is 5.75 Å². The van der Waals surface area contributed by atoms with Crippen molar-refractivity contribution in [3.8, 4) is 5.75 Å². The van der Waals surface area contributed by atoms with Gasteiger partial charge in [0.1, 0.15) is 5.75 Å². The van der Waals surface area contributed by atoms with E-state index >= 15 is 0 Å². The van der Waals surface area contributed by atoms with E-state index < -0.39 is 5.41 Å². The molecule has 26 heavy (non-hydrogen) atoms. The highest BCUT2D eigenvalue weighted by molar-refractivity contribution is 6.11. The maximum absolute atomic E-state index is 13.1. The number of carbonyl (C=O) groups excluding carboxylic acids is 1. The van der Waals surface area contributed by atoms with Crippen LogP contribution >= 0.6 is 0 Å². The highest BCUT2D eigenvalue weighted by Gasteiger charge is 2.66. The fraction of sp³-hybridized carbons (Fsp3) is 0.333. The molecule has 5 rings (SSSR count). The Kier molecular flexibility index (Phi) is 3.03. The molecule has 1 fully saturated rings. The summed E-state index contributed by atoms with van der Waals surface area (Å²) in [4.78, 5) is 14.9. The molecule has 2 aromatic carbocycles. The molecular formula is C21H21N3O2. The summed E-state index contributed by atoms with van der Waals surface area (Å²) < 4.78 is 5.40. The monoisotopic (exact) mass is 347 g/mol. The Morgan fingerprint density at radius 1 is 1.31 bits per heavy atom. The molecule has 2 aliphatic rings. The van der Waals surface area contributed by atoms with Crippen molar-refractivity contribution in [1.29, 1.82) is 0 Å². The third kappa shape index (κ3) is 1.80. The Morgan fingerprint density at radius 3 is 2.92 bits per heavy atom. The molecule has 0 saturated heterocycles. The molecule has 2 atom stereocenters. The second-order valence-electron chi connectivity index (χ2n) is 7.31. The minimum atomic E-state index is -0.448. The average molecular weight is 347 g/mol. The van der Waals surface area contributed by atoms with Crippen LogP contribution in [0.1, 0.15) is 36.1 Å². The van der Waals surface area contributed by atoms with Crippen LogP contribution in [-0.4, -0.2) is 30.3 Å². The second-order valence-corrected chi connectivity index (χ2v) is 7.31. The summed E-state index contributed by atoms with van der Waals surface area (Å²) in [6.07, 6.45) is 1.77. The van der Waals surface area contributed by atoms with Gasteiger partial charge >= 0.3 is 0 Å². The predicted octanol–water partition coefficient (Wildman–Crippen LogP) is 3.54. The van der Waals surface area contributed by atoms with Crippen molar-refractivity contribution in [1.82, 2.24) is 10.2 Å². The van der Waals surface area contributed by atoms with E-state index in [1.807, 2.05) is 25.2 Å². The zero-order chi connectivity index (χ0) is 18.1. The minimum Gasteiger partial charge on any atom is -0.497 e. The predicted molar refractivity (Wildman–Crippen MR) is 101 cm³/mol. The molecule has 0 bridgehead atoms. The molecule has 1 aromatic heterocycles. The molecule has 132 valence electrons. The molecule has 3 aromatic rings. The third-order valence-electron chi connectivity index (χ3n) is 6.11. The van der Waals surface area contributed by atoms with E-state index in [-0.39, 0.29) is 11.8 Å². The van der Waals surface area contributed by atoms with Gasteiger partial charge in [0.2, 0.25) is 5.91 Å². The molecular weight excluding hydrogens is 326 g/mol. The largest absolute Gasteiger partial charge is 0.497 e. The van der Waals surface area contributed by atoms with Crippen molar-refractivity contribution in [2.45, 2.75) is 31.1 Å². The first kappa shape index (κ1) is 15.4. The summed E-state index contributed by atoms with van der Waals surface area (Å²) in [7, 11) is 3.53. The number of nitrogens with one attached hydrogen (secondary N) is 1. The number of anilines is 1. The van der Waals surface area contributed by atoms with Crippen LogP contribution < -0.4 is 9.64 Å². The fourth-order valence-electron chi connectivity index (χ4n) is 4.59. The van der Waals surface area contributed by atoms with Crippen molar-refractivity contribution < 1.29 is 9.53 Å². The zero-order valence-corrected chi connectivity index (χ0v) is 15.2. The zero-order valence-electron chi connectivity index (χ0n) is 15.2. The summed E-state index contributed by atoms with van der Waals surface area (Å²) in [6.45, 7) is 2.12. The van der Waals surface area contributed by atoms with Crippen LogP contribution in [0.3, 0.4) is 0 Å². The number of hydrogen-bond donors (Lipinski definition) is 1. The quantitative estimate of drug-likeness (QED) is 0.788. The smallest absolute Gasteiger partial charge is 0.238 e. The summed E-state index contributed by atoms with van der Waals surface area (Å²) in [5, 5.41) is 8.73. The molecule has 1 spiro atoms. The van der Waals surface area contributed by atoms with E-state index in [0.717, 1.165) is 41.1 Å². The number of benzene rings is 2. The van der Waals surface area contributed by atoms with E-state index in [1.54, 1.807) is 12.0 Å². The van der Waals surface area contributed by atoms with Gasteiger partial charge in [-0.1, -0.05) is 19.1 Å². The van der Waals surface area contributed by atoms with Crippen LogP contribution in [0.2, 0.25) is 0 Å². The maximum Gasteiger partial charge on any atom is 0.238 e. The molecule has 0 radical (unpaired) electrons. The molecule has 1 amide bonds. The van der Waals surface area contributed by atoms with Gasteiger partial charge in [-0.05, 0) is 48.2 Å². The Labute approximate surface area is 152 Å². The topological polar surface area (TPSA) is 58.2 Å². The maximum atomic E-state index is 13.1. The normalized spacial score (nSPS) is 23.7. The number of amides is 1. The second kappa shape index (κ2) is 5.10. The number of aromatic amines is 1. The highest BCUT2D eigenvalue weighted by Crippen LogP contribution is 2.66. The number of hydrogen-bond acceptors (Lipinski definition) is 3. The van der Waals surface area contributed by atoms with Gasteiger partial charge in [0, 0.05) is 29.7 Å². The Hall–Kier alpha value is -2.82. The van der Waals surface area contributed by atoms with E-state index in [1.165, 1.54) is 10.9 Å². The molecule has 5 heteroatoms. The number of ether oxygens (including phenoxy) is 1. The van der Waals surface area contributed by atoms with Crippen molar-refractivity contribution in [3.05, 3.63) is 53.2 Å². The SMILES string of the molecule is CCc1[nH]nc2cc(C3CC34C(=O)N(C)c3ccc(OC)cc34)ccc12. The molecule has 2 unspecified atom stereocenters. The average Bonchev–Trinajstić information content (AvgIpc) is 3.25. The number of aryl methyl sites for hydroxylation is 1. The fourth-order valence-corrected chi connectivity index (χ4v) is 4.59. The lowest BCUT2D eigenvalue weighted by atomic mass is 9.91. The van der Waals surface area contributed by atoms with Crippen molar-refractivity contribution in [3.63, 3.8) is 0 Å². The van der Waals surface area contributed by atoms with Crippen LogP contribution in [0.25, 0.3) is 10.9 Å². The van der Waals surface area contributed by atoms with E-state index in [4.69, 9.17) is 4.74 Å². The third-order valence-corrected chi connectivity index (χ3v) is 6.11. The molecule has 1 N–H and O–H groups in total. The number of aromatic nitrogens is 2. The highest BCUT2D eigenvalue weighted by atomic mass is 16.5. The number of rotatable bonds is 3. The van der Waals surface area contributed by atoms with Crippen LogP contribution in [0.15, 0.2) is 36.4 Å². The first-order chi connectivity index (χ1) is 12.6. The molecule has 1 saturated carbocycles. The van der Waals surface area contributed by atoms with Crippen molar-refractivity contribution in [2.75, 3.05) is 19.1 Å². The van der Waals surface area contributed by atoms with Gasteiger partial charge in [-0.25, -0.2) is 0 Å². The molecule has 2 heterocycles. The first-order valence-corrected chi connectivity index (χ1v) is 9.03. The summed E-state index contributed by atoms with van der Waals surface area (Å²) >= 11 is 0. The van der Waals surface area contributed by atoms with Gasteiger partial charge in [0.25, 0.3) is 0 Å². The number of H-pyrrole nitrogens is 1. The Balaban J connectivity index is 1.60. The molecule has 1 aliphatic heterocycles. The lowest BCUT2D eigenvalue weighted by Gasteiger charge is -2.11. The Morgan fingerprint density at radius 2 is 2.15 bits per heavy atom. The lowest BCUT2D eigenvalue weighted by molar-refractivity contribution is -0.120. The van der Waals surface area contributed by atoms with Gasteiger partial charge in [-0.2, -0.15) is 5.10 Å². The Bertz CT molecular complexity index is 1050. The van der Waals surface area contributed by atoms with E-state index in [9.17, 15) is 4.79 Å². The summed E-state index contributed by atoms with van der Waals surface area (Å²) in [6, 6.07) is 12.4. The van der Waals surface area contributed by atoms with Crippen molar-refractivity contribution in [2.24, 2.45) is 0 Å². The van der Waals surface area contributed by atoms with E-state index in [2.05, 4.69) is 35.3 Å². The van der Waals surface area contributed by atoms with Gasteiger partial charge in [-0.3, -0.25) is 9.89 Å². The van der Waals surface area contributed by atoms with Gasteiger partial charge in [0.05, 0.1) is 18.0 Å². The molecule has 5 nitrogen and oxygen atoms in total. The lowest BCUT2D eigenvalue weighted by Crippen LogP contribution is -2.29. The number of methoxy groups -OCH3 is 1. The number of nitrogens with zero attached hydrogens (tertiary/aromatic N) is 2. The number of likely N-dealkylation sites (N-methyl/N-ethyl adjacent to an activating group) is 1. The minimum absolute atomic E-state index is 0.183. The van der Waals surface area contributed by atoms with Gasteiger partial charge in [0.15, 0.2) is 0 Å². The first-order valence-electron chi connectivity index (χ1n) is 9.03. The van der Waals surface area contributed by atoms with Crippen molar-refractivity contribution >= 4 is 22.5 Å². The number of carbonyl (C=O) groups is 1.